The molecule has 2 rings (SSSR count). The van der Waals surface area contributed by atoms with Crippen molar-refractivity contribution in [2.45, 2.75) is 59.2 Å². The van der Waals surface area contributed by atoms with E-state index in [4.69, 9.17) is 4.98 Å². The molecular formula is C17H29N3. The highest BCUT2D eigenvalue weighted by Gasteiger charge is 2.29. The third-order valence-electron chi connectivity index (χ3n) is 3.63. The maximum absolute atomic E-state index is 4.80. The van der Waals surface area contributed by atoms with E-state index in [1.165, 1.54) is 31.5 Å². The van der Waals surface area contributed by atoms with Gasteiger partial charge in [-0.15, -0.1) is 0 Å². The van der Waals surface area contributed by atoms with Crippen molar-refractivity contribution in [1.82, 2.24) is 15.2 Å². The van der Waals surface area contributed by atoms with E-state index >= 15 is 0 Å². The zero-order chi connectivity index (χ0) is 14.4. The first kappa shape index (κ1) is 15.5. The Morgan fingerprint density at radius 1 is 1.30 bits per heavy atom. The molecule has 1 aromatic heterocycles. The molecule has 3 nitrogen and oxygen atoms in total. The maximum Gasteiger partial charge on any atom is 0.0547 e. The van der Waals surface area contributed by atoms with E-state index in [1.54, 1.807) is 0 Å². The molecule has 112 valence electrons. The van der Waals surface area contributed by atoms with E-state index in [2.05, 4.69) is 49.2 Å². The van der Waals surface area contributed by atoms with Gasteiger partial charge in [0.15, 0.2) is 0 Å². The van der Waals surface area contributed by atoms with Gasteiger partial charge in [0, 0.05) is 25.7 Å². The molecule has 0 bridgehead atoms. The van der Waals surface area contributed by atoms with Gasteiger partial charge in [0.25, 0.3) is 0 Å². The van der Waals surface area contributed by atoms with E-state index in [9.17, 15) is 0 Å². The first-order valence-electron chi connectivity index (χ1n) is 8.08. The van der Waals surface area contributed by atoms with E-state index in [0.717, 1.165) is 37.3 Å². The Kier molecular flexibility index (Phi) is 5.99. The van der Waals surface area contributed by atoms with Crippen LogP contribution in [-0.2, 0) is 13.1 Å². The van der Waals surface area contributed by atoms with Crippen molar-refractivity contribution in [2.24, 2.45) is 5.92 Å². The summed E-state index contributed by atoms with van der Waals surface area (Å²) in [7, 11) is 0. The second-order valence-corrected chi connectivity index (χ2v) is 6.35. The van der Waals surface area contributed by atoms with Crippen LogP contribution in [0.15, 0.2) is 18.2 Å². The van der Waals surface area contributed by atoms with E-state index in [0.29, 0.717) is 0 Å². The van der Waals surface area contributed by atoms with Crippen molar-refractivity contribution in [1.29, 1.82) is 0 Å². The van der Waals surface area contributed by atoms with Gasteiger partial charge in [-0.3, -0.25) is 9.88 Å². The lowest BCUT2D eigenvalue weighted by molar-refractivity contribution is 0.223. The Morgan fingerprint density at radius 2 is 2.05 bits per heavy atom. The van der Waals surface area contributed by atoms with Crippen LogP contribution in [-0.4, -0.2) is 29.0 Å². The second kappa shape index (κ2) is 7.75. The van der Waals surface area contributed by atoms with E-state index in [-0.39, 0.29) is 0 Å². The average molecular weight is 275 g/mol. The summed E-state index contributed by atoms with van der Waals surface area (Å²) in [6.45, 7) is 10.9. The zero-order valence-corrected chi connectivity index (χ0v) is 13.2. The van der Waals surface area contributed by atoms with E-state index in [1.807, 2.05) is 0 Å². The Hall–Kier alpha value is -0.930. The highest BCUT2D eigenvalue weighted by atomic mass is 15.2. The molecule has 0 spiro atoms. The maximum atomic E-state index is 4.80. The summed E-state index contributed by atoms with van der Waals surface area (Å²) in [5.41, 5.74) is 2.38. The standard InChI is InChI=1S/C17H29N3/c1-4-10-18-11-15-6-5-7-16(19-15)13-20(12-14(2)3)17-8-9-17/h5-7,14,17-18H,4,8-13H2,1-3H3. The largest absolute Gasteiger partial charge is 0.311 e. The Bertz CT molecular complexity index is 399. The quantitative estimate of drug-likeness (QED) is 0.702. The molecule has 1 saturated carbocycles. The van der Waals surface area contributed by atoms with Crippen LogP contribution in [0.25, 0.3) is 0 Å². The van der Waals surface area contributed by atoms with Crippen LogP contribution in [0.5, 0.6) is 0 Å². The van der Waals surface area contributed by atoms with Gasteiger partial charge < -0.3 is 5.32 Å². The van der Waals surface area contributed by atoms with Gasteiger partial charge in [-0.05, 0) is 43.9 Å². The van der Waals surface area contributed by atoms with Crippen molar-refractivity contribution in [3.8, 4) is 0 Å². The van der Waals surface area contributed by atoms with Crippen molar-refractivity contribution in [3.63, 3.8) is 0 Å². The lowest BCUT2D eigenvalue weighted by Gasteiger charge is -2.23. The topological polar surface area (TPSA) is 28.2 Å². The molecular weight excluding hydrogens is 246 g/mol. The van der Waals surface area contributed by atoms with Gasteiger partial charge in [-0.1, -0.05) is 26.8 Å². The summed E-state index contributed by atoms with van der Waals surface area (Å²) in [6.07, 6.45) is 3.90. The van der Waals surface area contributed by atoms with Crippen LogP contribution in [0.3, 0.4) is 0 Å². The number of pyridine rings is 1. The fourth-order valence-electron chi connectivity index (χ4n) is 2.57. The molecule has 0 saturated heterocycles. The number of aromatic nitrogens is 1. The molecule has 0 aromatic carbocycles. The summed E-state index contributed by atoms with van der Waals surface area (Å²) in [5, 5.41) is 3.42. The number of rotatable bonds is 9. The smallest absolute Gasteiger partial charge is 0.0547 e. The molecule has 0 atom stereocenters. The molecule has 0 aliphatic heterocycles. The second-order valence-electron chi connectivity index (χ2n) is 6.35. The SMILES string of the molecule is CCCNCc1cccc(CN(CC(C)C)C2CC2)n1. The minimum Gasteiger partial charge on any atom is -0.311 e. The van der Waals surface area contributed by atoms with Crippen molar-refractivity contribution in [3.05, 3.63) is 29.6 Å². The molecule has 1 aliphatic carbocycles. The zero-order valence-electron chi connectivity index (χ0n) is 13.2. The van der Waals surface area contributed by atoms with E-state index < -0.39 is 0 Å². The lowest BCUT2D eigenvalue weighted by atomic mass is 10.2. The molecule has 1 fully saturated rings. The summed E-state index contributed by atoms with van der Waals surface area (Å²) in [6, 6.07) is 7.24. The third-order valence-corrected chi connectivity index (χ3v) is 3.63. The van der Waals surface area contributed by atoms with Crippen LogP contribution in [0.4, 0.5) is 0 Å². The molecule has 20 heavy (non-hydrogen) atoms. The number of nitrogens with zero attached hydrogens (tertiary/aromatic N) is 2. The molecule has 0 radical (unpaired) electrons. The summed E-state index contributed by atoms with van der Waals surface area (Å²) < 4.78 is 0. The average Bonchev–Trinajstić information content (AvgIpc) is 3.22. The number of hydrogen-bond donors (Lipinski definition) is 1. The first-order valence-corrected chi connectivity index (χ1v) is 8.08. The van der Waals surface area contributed by atoms with Crippen LogP contribution in [0, 0.1) is 5.92 Å². The summed E-state index contributed by atoms with van der Waals surface area (Å²) in [4.78, 5) is 7.41. The molecule has 0 amide bonds. The van der Waals surface area contributed by atoms with Crippen molar-refractivity contribution in [2.75, 3.05) is 13.1 Å². The van der Waals surface area contributed by atoms with Gasteiger partial charge in [0.1, 0.15) is 0 Å². The van der Waals surface area contributed by atoms with Crippen molar-refractivity contribution < 1.29 is 0 Å². The van der Waals surface area contributed by atoms with Gasteiger partial charge in [-0.25, -0.2) is 0 Å². The highest BCUT2D eigenvalue weighted by Crippen LogP contribution is 2.28. The normalized spacial score (nSPS) is 15.2. The fraction of sp³-hybridized carbons (Fsp3) is 0.706. The van der Waals surface area contributed by atoms with Crippen LogP contribution >= 0.6 is 0 Å². The molecule has 0 unspecified atom stereocenters. The fourth-order valence-corrected chi connectivity index (χ4v) is 2.57. The molecule has 1 heterocycles. The van der Waals surface area contributed by atoms with Crippen molar-refractivity contribution >= 4 is 0 Å². The number of nitrogens with one attached hydrogen (secondary N) is 1. The van der Waals surface area contributed by atoms with Gasteiger partial charge in [0.05, 0.1) is 11.4 Å². The minimum absolute atomic E-state index is 0.727. The molecule has 1 aliphatic rings. The predicted octanol–water partition coefficient (Wildman–Crippen LogP) is 3.20. The number of hydrogen-bond acceptors (Lipinski definition) is 3. The van der Waals surface area contributed by atoms with Crippen LogP contribution in [0.1, 0.15) is 51.4 Å². The summed E-state index contributed by atoms with van der Waals surface area (Å²) in [5.74, 6) is 0.727. The summed E-state index contributed by atoms with van der Waals surface area (Å²) >= 11 is 0. The minimum atomic E-state index is 0.727. The Labute approximate surface area is 123 Å². The Morgan fingerprint density at radius 3 is 2.70 bits per heavy atom. The molecule has 1 aromatic rings. The third kappa shape index (κ3) is 5.22. The van der Waals surface area contributed by atoms with Gasteiger partial charge in [0.2, 0.25) is 0 Å². The molecule has 3 heteroatoms. The highest BCUT2D eigenvalue weighted by molar-refractivity contribution is 5.11. The molecule has 1 N–H and O–H groups in total. The first-order chi connectivity index (χ1) is 9.69. The van der Waals surface area contributed by atoms with Crippen LogP contribution in [0.2, 0.25) is 0 Å². The van der Waals surface area contributed by atoms with Gasteiger partial charge in [-0.2, -0.15) is 0 Å². The van der Waals surface area contributed by atoms with Gasteiger partial charge >= 0.3 is 0 Å². The Balaban J connectivity index is 1.91. The lowest BCUT2D eigenvalue weighted by Crippen LogP contribution is -2.30. The van der Waals surface area contributed by atoms with Crippen LogP contribution < -0.4 is 5.32 Å². The predicted molar refractivity (Wildman–Crippen MR) is 84.5 cm³/mol. The monoisotopic (exact) mass is 275 g/mol.